The molecule has 4 rings (SSSR count). The highest BCUT2D eigenvalue weighted by atomic mass is 19.4. The van der Waals surface area contributed by atoms with Crippen LogP contribution in [0.3, 0.4) is 0 Å². The third-order valence-electron chi connectivity index (χ3n) is 5.98. The fourth-order valence-electron chi connectivity index (χ4n) is 3.94. The van der Waals surface area contributed by atoms with Crippen LogP contribution in [0.15, 0.2) is 48.9 Å². The van der Waals surface area contributed by atoms with Crippen molar-refractivity contribution in [3.8, 4) is 0 Å². The SMILES string of the molecule is O=C(O)C(F)(F)F.O=C(O)C(F)(F)F.O=C(O)C(F)(F)F.c1ccc(CN2CC[C@@H]3CN(Cc4cccnc4)CCO[C@@H]3C2)nc1. The van der Waals surface area contributed by atoms with Gasteiger partial charge in [0.2, 0.25) is 0 Å². The van der Waals surface area contributed by atoms with Crippen LogP contribution in [-0.4, -0.2) is 110 Å². The number of halogens is 9. The molecule has 0 aromatic carbocycles. The summed E-state index contributed by atoms with van der Waals surface area (Å²) in [6.45, 7) is 6.98. The fourth-order valence-corrected chi connectivity index (χ4v) is 3.94. The van der Waals surface area contributed by atoms with Gasteiger partial charge in [0, 0.05) is 57.2 Å². The van der Waals surface area contributed by atoms with Crippen LogP contribution < -0.4 is 0 Å². The Kier molecular flexibility index (Phi) is 15.8. The third kappa shape index (κ3) is 16.3. The second-order valence-corrected chi connectivity index (χ2v) is 9.52. The predicted molar refractivity (Wildman–Crippen MR) is 138 cm³/mol. The Labute approximate surface area is 255 Å². The molecule has 2 aliphatic heterocycles. The molecule has 2 saturated heterocycles. The molecule has 4 heterocycles. The lowest BCUT2D eigenvalue weighted by Gasteiger charge is -2.37. The van der Waals surface area contributed by atoms with Gasteiger partial charge >= 0.3 is 36.4 Å². The summed E-state index contributed by atoms with van der Waals surface area (Å²) in [5.41, 5.74) is 2.43. The highest BCUT2D eigenvalue weighted by molar-refractivity contribution is 5.73. The molecule has 3 N–H and O–H groups in total. The fraction of sp³-hybridized carbons (Fsp3) is 0.500. The van der Waals surface area contributed by atoms with Crippen LogP contribution >= 0.6 is 0 Å². The van der Waals surface area contributed by atoms with E-state index in [1.807, 2.05) is 30.7 Å². The zero-order valence-electron chi connectivity index (χ0n) is 23.6. The van der Waals surface area contributed by atoms with Crippen molar-refractivity contribution in [2.24, 2.45) is 5.92 Å². The Morgan fingerprint density at radius 3 is 1.76 bits per heavy atom. The maximum Gasteiger partial charge on any atom is 0.490 e. The Balaban J connectivity index is 0.000000413. The van der Waals surface area contributed by atoms with Gasteiger partial charge in [-0.15, -0.1) is 0 Å². The molecule has 2 atom stereocenters. The number of nitrogens with zero attached hydrogens (tertiary/aromatic N) is 4. The first-order chi connectivity index (χ1) is 21.2. The summed E-state index contributed by atoms with van der Waals surface area (Å²) < 4.78 is 101. The van der Waals surface area contributed by atoms with E-state index in [9.17, 15) is 39.5 Å². The van der Waals surface area contributed by atoms with Crippen molar-refractivity contribution >= 4 is 17.9 Å². The highest BCUT2D eigenvalue weighted by Gasteiger charge is 2.39. The number of carbonyl (C=O) groups is 3. The monoisotopic (exact) mass is 680 g/mol. The number of hydrogen-bond acceptors (Lipinski definition) is 8. The number of carboxylic acid groups (broad SMARTS) is 3. The van der Waals surface area contributed by atoms with E-state index >= 15 is 0 Å². The van der Waals surface area contributed by atoms with Crippen molar-refractivity contribution in [3.05, 3.63) is 60.2 Å². The molecule has 46 heavy (non-hydrogen) atoms. The summed E-state index contributed by atoms with van der Waals surface area (Å²) in [6.07, 6.45) is -8.03. The molecule has 2 fully saturated rings. The van der Waals surface area contributed by atoms with Gasteiger partial charge < -0.3 is 20.1 Å². The van der Waals surface area contributed by atoms with Crippen molar-refractivity contribution in [1.29, 1.82) is 0 Å². The minimum Gasteiger partial charge on any atom is -0.475 e. The summed E-state index contributed by atoms with van der Waals surface area (Å²) in [5, 5.41) is 21.4. The summed E-state index contributed by atoms with van der Waals surface area (Å²) in [6, 6.07) is 10.3. The Bertz CT molecular complexity index is 1160. The lowest BCUT2D eigenvalue weighted by molar-refractivity contribution is -0.193. The molecule has 0 spiro atoms. The first kappa shape index (κ1) is 40.0. The first-order valence-electron chi connectivity index (χ1n) is 13.0. The van der Waals surface area contributed by atoms with Crippen LogP contribution in [0.1, 0.15) is 17.7 Å². The lowest BCUT2D eigenvalue weighted by atomic mass is 9.93. The number of fused-ring (bicyclic) bond motifs is 1. The average Bonchev–Trinajstić information content (AvgIpc) is 3.15. The maximum absolute atomic E-state index is 10.6. The van der Waals surface area contributed by atoms with Crippen molar-refractivity contribution in [2.75, 3.05) is 32.8 Å². The maximum atomic E-state index is 10.6. The van der Waals surface area contributed by atoms with Crippen LogP contribution in [0, 0.1) is 5.92 Å². The van der Waals surface area contributed by atoms with Crippen molar-refractivity contribution in [2.45, 2.75) is 44.1 Å². The molecule has 2 aliphatic rings. The minimum absolute atomic E-state index is 0.344. The first-order valence-corrected chi connectivity index (χ1v) is 13.0. The van der Waals surface area contributed by atoms with E-state index in [2.05, 4.69) is 38.0 Å². The molecule has 0 radical (unpaired) electrons. The number of aromatic nitrogens is 2. The topological polar surface area (TPSA) is 153 Å². The van der Waals surface area contributed by atoms with Crippen molar-refractivity contribution in [3.63, 3.8) is 0 Å². The molecule has 0 amide bonds. The second-order valence-electron chi connectivity index (χ2n) is 9.52. The van der Waals surface area contributed by atoms with E-state index in [0.29, 0.717) is 12.0 Å². The zero-order valence-corrected chi connectivity index (χ0v) is 23.6. The number of hydrogen-bond donors (Lipinski definition) is 3. The van der Waals surface area contributed by atoms with E-state index in [1.54, 1.807) is 0 Å². The van der Waals surface area contributed by atoms with Gasteiger partial charge in [0.05, 0.1) is 18.4 Å². The van der Waals surface area contributed by atoms with Crippen LogP contribution in [0.25, 0.3) is 0 Å². The number of ether oxygens (including phenoxy) is 1. The van der Waals surface area contributed by atoms with Crippen LogP contribution in [-0.2, 0) is 32.2 Å². The highest BCUT2D eigenvalue weighted by Crippen LogP contribution is 2.25. The quantitative estimate of drug-likeness (QED) is 0.400. The second kappa shape index (κ2) is 18.2. The lowest BCUT2D eigenvalue weighted by Crippen LogP contribution is -2.46. The standard InChI is InChI=1S/C20H26N4O.3C2HF3O2/c1-2-8-22-19(5-1)15-23-9-6-18-14-24(10-11-25-20(18)16-23)13-17-4-3-7-21-12-17;3*3-2(4,5)1(6)7/h1-5,7-8,12,18,20H,6,9-11,13-16H2;3*(H,6,7)/t18-,20-;;;/m1.../s1. The number of rotatable bonds is 4. The molecule has 0 bridgehead atoms. The summed E-state index contributed by atoms with van der Waals surface area (Å²) in [4.78, 5) is 40.4. The van der Waals surface area contributed by atoms with E-state index in [1.165, 1.54) is 12.0 Å². The van der Waals surface area contributed by atoms with Crippen molar-refractivity contribution in [1.82, 2.24) is 19.8 Å². The summed E-state index contributed by atoms with van der Waals surface area (Å²) >= 11 is 0. The number of piperidine rings is 1. The van der Waals surface area contributed by atoms with Crippen LogP contribution in [0.4, 0.5) is 39.5 Å². The normalized spacial score (nSPS) is 18.9. The molecule has 258 valence electrons. The van der Waals surface area contributed by atoms with Gasteiger partial charge in [0.1, 0.15) is 0 Å². The molecule has 20 heteroatoms. The molecular weight excluding hydrogens is 651 g/mol. The zero-order chi connectivity index (χ0) is 35.1. The molecule has 11 nitrogen and oxygen atoms in total. The van der Waals surface area contributed by atoms with Crippen LogP contribution in [0.5, 0.6) is 0 Å². The third-order valence-corrected chi connectivity index (χ3v) is 5.98. The molecule has 0 aliphatic carbocycles. The minimum atomic E-state index is -5.08. The van der Waals surface area contributed by atoms with E-state index in [-0.39, 0.29) is 0 Å². The molecule has 2 aromatic rings. The van der Waals surface area contributed by atoms with Gasteiger partial charge in [0.15, 0.2) is 0 Å². The molecular formula is C26H29F9N4O7. The summed E-state index contributed by atoms with van der Waals surface area (Å²) in [7, 11) is 0. The summed E-state index contributed by atoms with van der Waals surface area (Å²) in [5.74, 6) is -7.65. The predicted octanol–water partition coefficient (Wildman–Crippen LogP) is 4.10. The number of pyridine rings is 2. The number of alkyl halides is 9. The van der Waals surface area contributed by atoms with E-state index < -0.39 is 36.4 Å². The van der Waals surface area contributed by atoms with Gasteiger partial charge in [-0.3, -0.25) is 19.8 Å². The Hall–Kier alpha value is -4.04. The number of aliphatic carboxylic acids is 3. The molecule has 0 saturated carbocycles. The van der Waals surface area contributed by atoms with Crippen LogP contribution in [0.2, 0.25) is 0 Å². The van der Waals surface area contributed by atoms with E-state index in [4.69, 9.17) is 34.4 Å². The average molecular weight is 681 g/mol. The van der Waals surface area contributed by atoms with Gasteiger partial charge in [-0.2, -0.15) is 39.5 Å². The smallest absolute Gasteiger partial charge is 0.475 e. The van der Waals surface area contributed by atoms with E-state index in [0.717, 1.165) is 51.6 Å². The van der Waals surface area contributed by atoms with Gasteiger partial charge in [0.25, 0.3) is 0 Å². The van der Waals surface area contributed by atoms with Crippen molar-refractivity contribution < 1.29 is 74.0 Å². The molecule has 0 unspecified atom stereocenters. The number of likely N-dealkylation sites (tertiary alicyclic amines) is 1. The largest absolute Gasteiger partial charge is 0.490 e. The number of carboxylic acids is 3. The molecule has 2 aromatic heterocycles. The Morgan fingerprint density at radius 2 is 1.30 bits per heavy atom. The van der Waals surface area contributed by atoms with Gasteiger partial charge in [-0.1, -0.05) is 12.1 Å². The Morgan fingerprint density at radius 1 is 0.761 bits per heavy atom. The van der Waals surface area contributed by atoms with Gasteiger partial charge in [-0.05, 0) is 36.7 Å². The van der Waals surface area contributed by atoms with Gasteiger partial charge in [-0.25, -0.2) is 14.4 Å².